The third-order valence-corrected chi connectivity index (χ3v) is 4.79. The summed E-state index contributed by atoms with van der Waals surface area (Å²) in [7, 11) is 0. The van der Waals surface area contributed by atoms with Crippen LogP contribution in [0.2, 0.25) is 0 Å². The first kappa shape index (κ1) is 17.0. The van der Waals surface area contributed by atoms with Crippen molar-refractivity contribution in [1.29, 1.82) is 0 Å². The van der Waals surface area contributed by atoms with E-state index in [0.717, 1.165) is 5.92 Å². The fourth-order valence-corrected chi connectivity index (χ4v) is 3.51. The Morgan fingerprint density at radius 1 is 0.842 bits per heavy atom. The van der Waals surface area contributed by atoms with Crippen molar-refractivity contribution in [2.75, 3.05) is 0 Å². The van der Waals surface area contributed by atoms with E-state index < -0.39 is 0 Å². The van der Waals surface area contributed by atoms with E-state index in [1.165, 1.54) is 96.3 Å². The molecule has 1 unspecified atom stereocenters. The molecule has 114 valence electrons. The molecule has 0 spiro atoms. The highest BCUT2D eigenvalue weighted by molar-refractivity contribution is 4.73. The summed E-state index contributed by atoms with van der Waals surface area (Å²) < 4.78 is 0. The van der Waals surface area contributed by atoms with Crippen molar-refractivity contribution in [1.82, 2.24) is 0 Å². The summed E-state index contributed by atoms with van der Waals surface area (Å²) >= 11 is 0. The van der Waals surface area contributed by atoms with Crippen LogP contribution in [0, 0.1) is 5.92 Å². The Morgan fingerprint density at radius 2 is 1.37 bits per heavy atom. The molecule has 1 aliphatic carbocycles. The van der Waals surface area contributed by atoms with Crippen molar-refractivity contribution in [2.24, 2.45) is 11.7 Å². The van der Waals surface area contributed by atoms with Crippen molar-refractivity contribution in [3.63, 3.8) is 0 Å². The molecule has 1 atom stereocenters. The minimum atomic E-state index is 0.493. The monoisotopic (exact) mass is 267 g/mol. The molecule has 0 aromatic heterocycles. The molecule has 1 rings (SSSR count). The van der Waals surface area contributed by atoms with Crippen LogP contribution in [0.4, 0.5) is 0 Å². The highest BCUT2D eigenvalue weighted by atomic mass is 14.6. The van der Waals surface area contributed by atoms with Crippen molar-refractivity contribution in [2.45, 2.75) is 109 Å². The van der Waals surface area contributed by atoms with Gasteiger partial charge in [0.15, 0.2) is 0 Å². The largest absolute Gasteiger partial charge is 0.328 e. The summed E-state index contributed by atoms with van der Waals surface area (Å²) in [6, 6.07) is 0.493. The smallest absolute Gasteiger partial charge is 0.00414 e. The lowest BCUT2D eigenvalue weighted by Gasteiger charge is -2.16. The summed E-state index contributed by atoms with van der Waals surface area (Å²) in [5.41, 5.74) is 6.25. The first-order valence-electron chi connectivity index (χ1n) is 9.08. The van der Waals surface area contributed by atoms with E-state index in [-0.39, 0.29) is 0 Å². The lowest BCUT2D eigenvalue weighted by molar-refractivity contribution is 0.414. The van der Waals surface area contributed by atoms with Gasteiger partial charge in [-0.15, -0.1) is 0 Å². The SMILES string of the molecule is CCCCCCCCCCCC(N)CC1CCCC1. The van der Waals surface area contributed by atoms with Gasteiger partial charge >= 0.3 is 0 Å². The topological polar surface area (TPSA) is 26.0 Å². The molecule has 0 aliphatic heterocycles. The maximum Gasteiger partial charge on any atom is 0.00414 e. The van der Waals surface area contributed by atoms with Crippen molar-refractivity contribution in [3.05, 3.63) is 0 Å². The van der Waals surface area contributed by atoms with Gasteiger partial charge in [0.05, 0.1) is 0 Å². The molecule has 2 N–H and O–H groups in total. The molecule has 1 nitrogen and oxygen atoms in total. The quantitative estimate of drug-likeness (QED) is 0.443. The Hall–Kier alpha value is -0.0400. The van der Waals surface area contributed by atoms with Crippen LogP contribution < -0.4 is 5.73 Å². The molecule has 0 bridgehead atoms. The molecule has 0 aromatic carbocycles. The van der Waals surface area contributed by atoms with Crippen LogP contribution in [0.15, 0.2) is 0 Å². The number of rotatable bonds is 12. The molecule has 1 saturated carbocycles. The number of unbranched alkanes of at least 4 members (excludes halogenated alkanes) is 8. The maximum atomic E-state index is 6.25. The lowest BCUT2D eigenvalue weighted by atomic mass is 9.95. The van der Waals surface area contributed by atoms with E-state index in [0.29, 0.717) is 6.04 Å². The van der Waals surface area contributed by atoms with Crippen molar-refractivity contribution < 1.29 is 0 Å². The standard InChI is InChI=1S/C18H37N/c1-2-3-4-5-6-7-8-9-10-15-18(19)16-17-13-11-12-14-17/h17-18H,2-16,19H2,1H3. The first-order chi connectivity index (χ1) is 9.33. The normalized spacial score (nSPS) is 18.0. The highest BCUT2D eigenvalue weighted by Gasteiger charge is 2.17. The molecule has 0 saturated heterocycles. The van der Waals surface area contributed by atoms with Gasteiger partial charge in [0.1, 0.15) is 0 Å². The number of nitrogens with two attached hydrogens (primary N) is 1. The molecule has 1 fully saturated rings. The second-order valence-electron chi connectivity index (χ2n) is 6.76. The van der Waals surface area contributed by atoms with Crippen LogP contribution in [0.1, 0.15) is 103 Å². The third-order valence-electron chi connectivity index (χ3n) is 4.79. The Morgan fingerprint density at radius 3 is 1.95 bits per heavy atom. The Kier molecular flexibility index (Phi) is 10.5. The maximum absolute atomic E-state index is 6.25. The minimum absolute atomic E-state index is 0.493. The van der Waals surface area contributed by atoms with Gasteiger partial charge in [0.2, 0.25) is 0 Å². The van der Waals surface area contributed by atoms with Crippen LogP contribution >= 0.6 is 0 Å². The van der Waals surface area contributed by atoms with Crippen LogP contribution in [0.5, 0.6) is 0 Å². The predicted molar refractivity (Wildman–Crippen MR) is 86.4 cm³/mol. The van der Waals surface area contributed by atoms with E-state index in [2.05, 4.69) is 6.92 Å². The second kappa shape index (κ2) is 11.8. The number of hydrogen-bond donors (Lipinski definition) is 1. The summed E-state index contributed by atoms with van der Waals surface area (Å²) in [6.45, 7) is 2.29. The van der Waals surface area contributed by atoms with E-state index in [1.807, 2.05) is 0 Å². The van der Waals surface area contributed by atoms with Crippen LogP contribution in [-0.4, -0.2) is 6.04 Å². The van der Waals surface area contributed by atoms with Gasteiger partial charge in [-0.25, -0.2) is 0 Å². The highest BCUT2D eigenvalue weighted by Crippen LogP contribution is 2.29. The Labute approximate surface area is 121 Å². The average Bonchev–Trinajstić information content (AvgIpc) is 2.89. The Balaban J connectivity index is 1.79. The molecule has 0 amide bonds. The molecule has 19 heavy (non-hydrogen) atoms. The minimum Gasteiger partial charge on any atom is -0.328 e. The van der Waals surface area contributed by atoms with Crippen LogP contribution in [0.3, 0.4) is 0 Å². The van der Waals surface area contributed by atoms with Crippen LogP contribution in [-0.2, 0) is 0 Å². The average molecular weight is 268 g/mol. The van der Waals surface area contributed by atoms with Crippen molar-refractivity contribution in [3.8, 4) is 0 Å². The van der Waals surface area contributed by atoms with Gasteiger partial charge in [0, 0.05) is 6.04 Å². The zero-order valence-corrected chi connectivity index (χ0v) is 13.3. The van der Waals surface area contributed by atoms with E-state index in [4.69, 9.17) is 5.73 Å². The van der Waals surface area contributed by atoms with Gasteiger partial charge in [-0.2, -0.15) is 0 Å². The van der Waals surface area contributed by atoms with Gasteiger partial charge in [-0.3, -0.25) is 0 Å². The zero-order valence-electron chi connectivity index (χ0n) is 13.3. The summed E-state index contributed by atoms with van der Waals surface area (Å²) in [4.78, 5) is 0. The molecule has 1 aliphatic rings. The molecule has 1 heteroatoms. The summed E-state index contributed by atoms with van der Waals surface area (Å²) in [5.74, 6) is 0.966. The molecule has 0 aromatic rings. The fourth-order valence-electron chi connectivity index (χ4n) is 3.51. The van der Waals surface area contributed by atoms with Gasteiger partial charge in [-0.1, -0.05) is 90.4 Å². The van der Waals surface area contributed by atoms with Crippen molar-refractivity contribution >= 4 is 0 Å². The van der Waals surface area contributed by atoms with Crippen LogP contribution in [0.25, 0.3) is 0 Å². The summed E-state index contributed by atoms with van der Waals surface area (Å²) in [6.07, 6.45) is 21.2. The first-order valence-corrected chi connectivity index (χ1v) is 9.08. The van der Waals surface area contributed by atoms with Gasteiger partial charge < -0.3 is 5.73 Å². The predicted octanol–water partition coefficient (Wildman–Crippen LogP) is 5.81. The van der Waals surface area contributed by atoms with E-state index in [1.54, 1.807) is 0 Å². The molecule has 0 heterocycles. The second-order valence-corrected chi connectivity index (χ2v) is 6.76. The molecular weight excluding hydrogens is 230 g/mol. The Bertz CT molecular complexity index is 184. The summed E-state index contributed by atoms with van der Waals surface area (Å²) in [5, 5.41) is 0. The van der Waals surface area contributed by atoms with Gasteiger partial charge in [-0.05, 0) is 18.8 Å². The van der Waals surface area contributed by atoms with Gasteiger partial charge in [0.25, 0.3) is 0 Å². The molecular formula is C18H37N. The zero-order chi connectivity index (χ0) is 13.8. The fraction of sp³-hybridized carbons (Fsp3) is 1.00. The van der Waals surface area contributed by atoms with E-state index >= 15 is 0 Å². The molecule has 0 radical (unpaired) electrons. The third kappa shape index (κ3) is 9.49. The lowest BCUT2D eigenvalue weighted by Crippen LogP contribution is -2.22. The number of hydrogen-bond acceptors (Lipinski definition) is 1. The van der Waals surface area contributed by atoms with E-state index in [9.17, 15) is 0 Å².